The Morgan fingerprint density at radius 3 is 2.78 bits per heavy atom. The van der Waals surface area contributed by atoms with Gasteiger partial charge in [0.15, 0.2) is 0 Å². The number of carbonyl (C=O) groups excluding carboxylic acids is 1. The summed E-state index contributed by atoms with van der Waals surface area (Å²) in [6, 6.07) is 0. The van der Waals surface area contributed by atoms with Crippen LogP contribution in [0.3, 0.4) is 0 Å². The summed E-state index contributed by atoms with van der Waals surface area (Å²) < 4.78 is 0. The lowest BCUT2D eigenvalue weighted by Crippen LogP contribution is -2.50. The first-order valence-corrected chi connectivity index (χ1v) is 3.50. The molecule has 0 bridgehead atoms. The molecular formula is C4H5ClN2OS. The molecular weight excluding hydrogens is 160 g/mol. The van der Waals surface area contributed by atoms with Gasteiger partial charge in [-0.1, -0.05) is 11.8 Å². The molecule has 1 rings (SSSR count). The van der Waals surface area contributed by atoms with Crippen LogP contribution in [0.15, 0.2) is 11.6 Å². The van der Waals surface area contributed by atoms with Gasteiger partial charge in [0.1, 0.15) is 0 Å². The summed E-state index contributed by atoms with van der Waals surface area (Å²) in [7, 11) is 0. The van der Waals surface area contributed by atoms with E-state index in [0.717, 1.165) is 11.8 Å². The van der Waals surface area contributed by atoms with Gasteiger partial charge in [0.25, 0.3) is 5.24 Å². The zero-order valence-corrected chi connectivity index (χ0v) is 6.00. The van der Waals surface area contributed by atoms with Crippen molar-refractivity contribution in [1.29, 1.82) is 0 Å². The minimum atomic E-state index is -1.12. The molecule has 5 heteroatoms. The maximum absolute atomic E-state index is 10.5. The number of halogens is 1. The van der Waals surface area contributed by atoms with Crippen LogP contribution in [0.5, 0.6) is 0 Å². The highest BCUT2D eigenvalue weighted by molar-refractivity contribution is 8.04. The first kappa shape index (κ1) is 6.92. The highest BCUT2D eigenvalue weighted by Gasteiger charge is 2.33. The van der Waals surface area contributed by atoms with Crippen LogP contribution >= 0.6 is 23.4 Å². The Morgan fingerprint density at radius 1 is 1.89 bits per heavy atom. The molecule has 1 aliphatic heterocycles. The minimum absolute atomic E-state index is 0.586. The van der Waals surface area contributed by atoms with Gasteiger partial charge in [-0.25, -0.2) is 0 Å². The molecule has 1 atom stereocenters. The van der Waals surface area contributed by atoms with E-state index >= 15 is 0 Å². The number of carbonyl (C=O) groups is 1. The van der Waals surface area contributed by atoms with Gasteiger partial charge < -0.3 is 5.32 Å². The van der Waals surface area contributed by atoms with E-state index in [9.17, 15) is 4.79 Å². The Kier molecular flexibility index (Phi) is 1.70. The van der Waals surface area contributed by atoms with Crippen molar-refractivity contribution >= 4 is 28.6 Å². The fourth-order valence-corrected chi connectivity index (χ4v) is 1.20. The molecule has 0 spiro atoms. The van der Waals surface area contributed by atoms with E-state index in [1.807, 2.05) is 0 Å². The van der Waals surface area contributed by atoms with Gasteiger partial charge in [-0.3, -0.25) is 10.5 Å². The fraction of sp³-hybridized carbons (Fsp3) is 0.250. The van der Waals surface area contributed by atoms with Gasteiger partial charge in [0.2, 0.25) is 4.99 Å². The molecule has 1 aliphatic rings. The van der Waals surface area contributed by atoms with Crippen LogP contribution in [0.25, 0.3) is 0 Å². The molecule has 0 aliphatic carbocycles. The molecule has 1 heterocycles. The standard InChI is InChI=1S/C4H5ClN2OS/c5-3(8)4(6)7-1-2-9-4/h1-2,7H,6H2. The first-order chi connectivity index (χ1) is 4.15. The molecule has 0 amide bonds. The summed E-state index contributed by atoms with van der Waals surface area (Å²) in [5.74, 6) is 0. The van der Waals surface area contributed by atoms with Crippen molar-refractivity contribution in [2.24, 2.45) is 5.73 Å². The molecule has 0 aromatic heterocycles. The summed E-state index contributed by atoms with van der Waals surface area (Å²) in [5.41, 5.74) is 5.41. The lowest BCUT2D eigenvalue weighted by molar-refractivity contribution is -0.114. The van der Waals surface area contributed by atoms with Gasteiger partial charge >= 0.3 is 0 Å². The summed E-state index contributed by atoms with van der Waals surface area (Å²) in [4.78, 5) is 9.36. The number of hydrogen-bond donors (Lipinski definition) is 2. The number of nitrogens with one attached hydrogen (secondary N) is 1. The predicted molar refractivity (Wildman–Crippen MR) is 37.6 cm³/mol. The zero-order chi connectivity index (χ0) is 6.91. The minimum Gasteiger partial charge on any atom is -0.357 e. The summed E-state index contributed by atoms with van der Waals surface area (Å²) in [5, 5.41) is 3.71. The highest BCUT2D eigenvalue weighted by Crippen LogP contribution is 2.24. The van der Waals surface area contributed by atoms with Crippen molar-refractivity contribution < 1.29 is 4.79 Å². The van der Waals surface area contributed by atoms with Crippen molar-refractivity contribution in [2.75, 3.05) is 0 Å². The van der Waals surface area contributed by atoms with Crippen molar-refractivity contribution in [3.63, 3.8) is 0 Å². The molecule has 0 aromatic rings. The predicted octanol–water partition coefficient (Wildman–Crippen LogP) is 0.172. The Bertz CT molecular complexity index is 162. The SMILES string of the molecule is NC1(C(=O)Cl)NC=CS1. The number of hydrogen-bond acceptors (Lipinski definition) is 4. The first-order valence-electron chi connectivity index (χ1n) is 2.24. The number of thioether (sulfide) groups is 1. The topological polar surface area (TPSA) is 55.1 Å². The van der Waals surface area contributed by atoms with Crippen LogP contribution in [0.2, 0.25) is 0 Å². The summed E-state index contributed by atoms with van der Waals surface area (Å²) in [6.45, 7) is 0. The Balaban J connectivity index is 2.66. The Labute approximate surface area is 61.6 Å². The smallest absolute Gasteiger partial charge is 0.273 e. The van der Waals surface area contributed by atoms with E-state index in [-0.39, 0.29) is 0 Å². The average Bonchev–Trinajstić information content (AvgIpc) is 2.16. The molecule has 3 nitrogen and oxygen atoms in total. The summed E-state index contributed by atoms with van der Waals surface area (Å²) in [6.07, 6.45) is 1.59. The van der Waals surface area contributed by atoms with E-state index in [4.69, 9.17) is 17.3 Å². The van der Waals surface area contributed by atoms with Gasteiger partial charge in [-0.2, -0.15) is 0 Å². The average molecular weight is 165 g/mol. The summed E-state index contributed by atoms with van der Waals surface area (Å²) >= 11 is 6.30. The maximum atomic E-state index is 10.5. The van der Waals surface area contributed by atoms with Crippen LogP contribution < -0.4 is 11.1 Å². The normalized spacial score (nSPS) is 32.2. The van der Waals surface area contributed by atoms with Crippen molar-refractivity contribution in [3.05, 3.63) is 11.6 Å². The lowest BCUT2D eigenvalue weighted by atomic mass is 10.5. The van der Waals surface area contributed by atoms with Gasteiger partial charge in [-0.15, -0.1) is 0 Å². The van der Waals surface area contributed by atoms with E-state index in [2.05, 4.69) is 5.32 Å². The van der Waals surface area contributed by atoms with Crippen LogP contribution in [0, 0.1) is 0 Å². The maximum Gasteiger partial charge on any atom is 0.273 e. The van der Waals surface area contributed by atoms with Crippen LogP contribution in [-0.4, -0.2) is 10.2 Å². The second kappa shape index (κ2) is 2.21. The van der Waals surface area contributed by atoms with E-state index < -0.39 is 10.2 Å². The molecule has 0 saturated carbocycles. The number of nitrogens with two attached hydrogens (primary N) is 1. The van der Waals surface area contributed by atoms with Crippen molar-refractivity contribution in [1.82, 2.24) is 5.32 Å². The van der Waals surface area contributed by atoms with Crippen molar-refractivity contribution in [3.8, 4) is 0 Å². The zero-order valence-electron chi connectivity index (χ0n) is 4.43. The second-order valence-electron chi connectivity index (χ2n) is 1.57. The van der Waals surface area contributed by atoms with E-state index in [1.54, 1.807) is 11.6 Å². The Morgan fingerprint density at radius 2 is 2.56 bits per heavy atom. The fourth-order valence-electron chi connectivity index (χ4n) is 0.436. The number of rotatable bonds is 1. The van der Waals surface area contributed by atoms with Gasteiger partial charge in [0, 0.05) is 6.20 Å². The highest BCUT2D eigenvalue weighted by atomic mass is 35.5. The van der Waals surface area contributed by atoms with Crippen LogP contribution in [-0.2, 0) is 4.79 Å². The van der Waals surface area contributed by atoms with Crippen molar-refractivity contribution in [2.45, 2.75) is 4.99 Å². The van der Waals surface area contributed by atoms with Gasteiger partial charge in [0.05, 0.1) is 0 Å². The molecule has 3 N–H and O–H groups in total. The monoisotopic (exact) mass is 164 g/mol. The largest absolute Gasteiger partial charge is 0.357 e. The molecule has 0 fully saturated rings. The van der Waals surface area contributed by atoms with Crippen LogP contribution in [0.1, 0.15) is 0 Å². The third kappa shape index (κ3) is 1.20. The van der Waals surface area contributed by atoms with E-state index in [0.29, 0.717) is 0 Å². The third-order valence-corrected chi connectivity index (χ3v) is 2.27. The molecule has 0 aromatic carbocycles. The van der Waals surface area contributed by atoms with E-state index in [1.165, 1.54) is 0 Å². The lowest BCUT2D eigenvalue weighted by Gasteiger charge is -2.17. The molecule has 0 radical (unpaired) electrons. The quantitative estimate of drug-likeness (QED) is 0.543. The molecule has 50 valence electrons. The van der Waals surface area contributed by atoms with Gasteiger partial charge in [-0.05, 0) is 17.0 Å². The molecule has 0 saturated heterocycles. The Hall–Kier alpha value is -0.190. The molecule has 9 heavy (non-hydrogen) atoms. The van der Waals surface area contributed by atoms with Crippen LogP contribution in [0.4, 0.5) is 0 Å². The second-order valence-corrected chi connectivity index (χ2v) is 3.07. The molecule has 1 unspecified atom stereocenters. The third-order valence-electron chi connectivity index (χ3n) is 0.912.